The van der Waals surface area contributed by atoms with E-state index in [4.69, 9.17) is 9.47 Å². The number of ether oxygens (including phenoxy) is 2. The number of rotatable bonds is 7. The van der Waals surface area contributed by atoms with Crippen molar-refractivity contribution < 1.29 is 26.3 Å². The van der Waals surface area contributed by atoms with Crippen LogP contribution in [0, 0.1) is 5.92 Å². The second-order valence-corrected chi connectivity index (χ2v) is 15.3. The summed E-state index contributed by atoms with van der Waals surface area (Å²) < 4.78 is 66.1. The average molecular weight is 607 g/mol. The molecule has 2 aliphatic rings. The Morgan fingerprint density at radius 2 is 1.64 bits per heavy atom. The molecule has 2 aromatic carbocycles. The highest BCUT2D eigenvalue weighted by Crippen LogP contribution is 2.38. The van der Waals surface area contributed by atoms with Gasteiger partial charge in [0.2, 0.25) is 0 Å². The maximum absolute atomic E-state index is 14.3. The lowest BCUT2D eigenvalue weighted by atomic mass is 9.96. The van der Waals surface area contributed by atoms with Crippen molar-refractivity contribution >= 4 is 36.5 Å². The third-order valence-corrected chi connectivity index (χ3v) is 10.8. The lowest BCUT2D eigenvalue weighted by Crippen LogP contribution is -2.19. The van der Waals surface area contributed by atoms with E-state index in [-0.39, 0.29) is 21.8 Å². The molecule has 1 saturated heterocycles. The summed E-state index contributed by atoms with van der Waals surface area (Å²) in [7, 11) is -7.45. The van der Waals surface area contributed by atoms with Gasteiger partial charge in [0.05, 0.1) is 22.1 Å². The minimum absolute atomic E-state index is 0.150. The SMILES string of the molecule is CC1(C)OCC(c2cnc3c(c2)cc(C(=CC2CCCC2)c2ccc(S(C)(=O)=O)cc2)n3S(=O)(=O)c2ccccc2)O1. The number of fused-ring (bicyclic) bond motifs is 1. The zero-order valence-electron chi connectivity index (χ0n) is 23.9. The Balaban J connectivity index is 1.58. The van der Waals surface area contributed by atoms with E-state index < -0.39 is 25.6 Å². The van der Waals surface area contributed by atoms with Gasteiger partial charge in [-0.1, -0.05) is 49.2 Å². The van der Waals surface area contributed by atoms with E-state index in [1.165, 1.54) is 10.2 Å². The molecular formula is C32H34N2O6S2. The van der Waals surface area contributed by atoms with Gasteiger partial charge in [-0.3, -0.25) is 0 Å². The van der Waals surface area contributed by atoms with Crippen molar-refractivity contribution in [2.75, 3.05) is 12.9 Å². The normalized spacial score (nSPS) is 20.0. The molecule has 10 heteroatoms. The Bertz CT molecular complexity index is 1870. The quantitative estimate of drug-likeness (QED) is 0.250. The van der Waals surface area contributed by atoms with Gasteiger partial charge in [-0.05, 0) is 74.6 Å². The maximum Gasteiger partial charge on any atom is 0.269 e. The Kier molecular flexibility index (Phi) is 7.37. The van der Waals surface area contributed by atoms with Gasteiger partial charge in [0.15, 0.2) is 21.3 Å². The molecule has 6 rings (SSSR count). The molecule has 0 N–H and O–H groups in total. The molecule has 220 valence electrons. The van der Waals surface area contributed by atoms with E-state index in [9.17, 15) is 16.8 Å². The van der Waals surface area contributed by atoms with Crippen LogP contribution in [-0.2, 0) is 29.3 Å². The zero-order valence-corrected chi connectivity index (χ0v) is 25.5. The van der Waals surface area contributed by atoms with E-state index in [1.807, 2.05) is 26.0 Å². The van der Waals surface area contributed by atoms with Crippen LogP contribution in [0.4, 0.5) is 0 Å². The van der Waals surface area contributed by atoms with Gasteiger partial charge in [-0.25, -0.2) is 25.8 Å². The van der Waals surface area contributed by atoms with Crippen molar-refractivity contribution in [3.63, 3.8) is 0 Å². The highest BCUT2D eigenvalue weighted by molar-refractivity contribution is 7.90. The molecule has 2 aromatic heterocycles. The number of aromatic nitrogens is 2. The number of hydrogen-bond acceptors (Lipinski definition) is 7. The molecule has 1 aliphatic carbocycles. The number of benzene rings is 2. The Morgan fingerprint density at radius 1 is 0.952 bits per heavy atom. The van der Waals surface area contributed by atoms with Gasteiger partial charge in [0.25, 0.3) is 10.0 Å². The Labute approximate surface area is 247 Å². The van der Waals surface area contributed by atoms with Crippen molar-refractivity contribution in [1.82, 2.24) is 8.96 Å². The van der Waals surface area contributed by atoms with Crippen LogP contribution in [0.25, 0.3) is 16.6 Å². The Morgan fingerprint density at radius 3 is 2.26 bits per heavy atom. The lowest BCUT2D eigenvalue weighted by Gasteiger charge is -2.17. The highest BCUT2D eigenvalue weighted by atomic mass is 32.2. The number of sulfone groups is 1. The highest BCUT2D eigenvalue weighted by Gasteiger charge is 2.34. The first-order chi connectivity index (χ1) is 19.9. The fourth-order valence-corrected chi connectivity index (χ4v) is 7.95. The molecule has 8 nitrogen and oxygen atoms in total. The summed E-state index contributed by atoms with van der Waals surface area (Å²) in [6.45, 7) is 4.08. The molecule has 0 radical (unpaired) electrons. The fourth-order valence-electron chi connectivity index (χ4n) is 5.81. The van der Waals surface area contributed by atoms with Crippen molar-refractivity contribution in [2.45, 2.75) is 61.2 Å². The molecule has 0 amide bonds. The van der Waals surface area contributed by atoms with Gasteiger partial charge in [0.1, 0.15) is 6.10 Å². The van der Waals surface area contributed by atoms with Crippen LogP contribution in [0.15, 0.2) is 88.8 Å². The number of nitrogens with zero attached hydrogens (tertiary/aromatic N) is 2. The number of pyridine rings is 1. The molecule has 3 heterocycles. The molecular weight excluding hydrogens is 572 g/mol. The summed E-state index contributed by atoms with van der Waals surface area (Å²) in [5.41, 5.74) is 3.04. The van der Waals surface area contributed by atoms with E-state index in [0.29, 0.717) is 23.3 Å². The third-order valence-electron chi connectivity index (χ3n) is 7.95. The van der Waals surface area contributed by atoms with E-state index in [0.717, 1.165) is 42.4 Å². The second kappa shape index (κ2) is 10.8. The van der Waals surface area contributed by atoms with Crippen LogP contribution < -0.4 is 0 Å². The van der Waals surface area contributed by atoms with Gasteiger partial charge >= 0.3 is 0 Å². The van der Waals surface area contributed by atoms with Crippen LogP contribution >= 0.6 is 0 Å². The molecule has 4 aromatic rings. The van der Waals surface area contributed by atoms with Crippen molar-refractivity contribution in [1.29, 1.82) is 0 Å². The van der Waals surface area contributed by atoms with Gasteiger partial charge in [-0.2, -0.15) is 0 Å². The first-order valence-electron chi connectivity index (χ1n) is 14.1. The second-order valence-electron chi connectivity index (χ2n) is 11.5. The van der Waals surface area contributed by atoms with Gasteiger partial charge in [0, 0.05) is 29.0 Å². The van der Waals surface area contributed by atoms with Crippen LogP contribution in [0.5, 0.6) is 0 Å². The average Bonchev–Trinajstić information content (AvgIpc) is 3.70. The zero-order chi connectivity index (χ0) is 29.7. The van der Waals surface area contributed by atoms with Crippen LogP contribution in [0.1, 0.15) is 62.5 Å². The summed E-state index contributed by atoms with van der Waals surface area (Å²) in [5, 5.41) is 0.653. The minimum atomic E-state index is -4.06. The van der Waals surface area contributed by atoms with Crippen LogP contribution in [0.3, 0.4) is 0 Å². The van der Waals surface area contributed by atoms with Crippen molar-refractivity contribution in [3.05, 3.63) is 95.8 Å². The smallest absolute Gasteiger partial charge is 0.269 e. The number of hydrogen-bond donors (Lipinski definition) is 0. The third kappa shape index (κ3) is 5.56. The summed E-state index contributed by atoms with van der Waals surface area (Å²) in [4.78, 5) is 5.04. The van der Waals surface area contributed by atoms with E-state index in [1.54, 1.807) is 60.8 Å². The van der Waals surface area contributed by atoms with Crippen LogP contribution in [-0.4, -0.2) is 44.4 Å². The molecule has 42 heavy (non-hydrogen) atoms. The summed E-state index contributed by atoms with van der Waals surface area (Å²) in [6.07, 6.45) is 8.87. The maximum atomic E-state index is 14.3. The van der Waals surface area contributed by atoms with E-state index in [2.05, 4.69) is 11.1 Å². The molecule has 1 saturated carbocycles. The summed E-state index contributed by atoms with van der Waals surface area (Å²) in [5.74, 6) is -0.446. The summed E-state index contributed by atoms with van der Waals surface area (Å²) >= 11 is 0. The molecule has 0 bridgehead atoms. The van der Waals surface area contributed by atoms with Crippen LogP contribution in [0.2, 0.25) is 0 Å². The molecule has 1 atom stereocenters. The Hall–Kier alpha value is -3.31. The van der Waals surface area contributed by atoms with E-state index >= 15 is 0 Å². The molecule has 2 fully saturated rings. The largest absolute Gasteiger partial charge is 0.347 e. The first-order valence-corrected chi connectivity index (χ1v) is 17.4. The standard InChI is InChI=1S/C32H34N2O6S2/c1-32(2)39-21-30(40-32)25-18-24-19-29(34(31(24)33-20-25)42(37,38)27-11-5-4-6-12-27)28(17-22-9-7-8-10-22)23-13-15-26(16-14-23)41(3,35)36/h4-6,11-20,22,30H,7-10,21H2,1-3H3. The fraction of sp³-hybridized carbons (Fsp3) is 0.344. The van der Waals surface area contributed by atoms with Crippen molar-refractivity contribution in [2.24, 2.45) is 5.92 Å². The predicted octanol–water partition coefficient (Wildman–Crippen LogP) is 6.12. The lowest BCUT2D eigenvalue weighted by molar-refractivity contribution is -0.139. The predicted molar refractivity (Wildman–Crippen MR) is 161 cm³/mol. The topological polar surface area (TPSA) is 105 Å². The first kappa shape index (κ1) is 28.8. The van der Waals surface area contributed by atoms with Gasteiger partial charge < -0.3 is 9.47 Å². The number of allylic oxidation sites excluding steroid dienone is 1. The molecule has 1 unspecified atom stereocenters. The van der Waals surface area contributed by atoms with Gasteiger partial charge in [-0.15, -0.1) is 0 Å². The van der Waals surface area contributed by atoms with Crippen molar-refractivity contribution in [3.8, 4) is 0 Å². The molecule has 1 aliphatic heterocycles. The monoisotopic (exact) mass is 606 g/mol. The molecule has 0 spiro atoms. The summed E-state index contributed by atoms with van der Waals surface area (Å²) in [6, 6.07) is 18.7. The minimum Gasteiger partial charge on any atom is -0.347 e.